The van der Waals surface area contributed by atoms with E-state index in [0.29, 0.717) is 24.5 Å². The van der Waals surface area contributed by atoms with Crippen LogP contribution >= 0.6 is 0 Å². The summed E-state index contributed by atoms with van der Waals surface area (Å²) >= 11 is 0. The number of hydrogen-bond donors (Lipinski definition) is 2. The second-order valence-corrected chi connectivity index (χ2v) is 6.35. The van der Waals surface area contributed by atoms with E-state index in [4.69, 9.17) is 5.11 Å². The molecule has 6 heteroatoms. The van der Waals surface area contributed by atoms with Gasteiger partial charge in [0.1, 0.15) is 11.5 Å². The van der Waals surface area contributed by atoms with Crippen LogP contribution in [-0.2, 0) is 17.8 Å². The lowest BCUT2D eigenvalue weighted by molar-refractivity contribution is -0.141. The zero-order valence-corrected chi connectivity index (χ0v) is 12.2. The van der Waals surface area contributed by atoms with Crippen molar-refractivity contribution in [2.45, 2.75) is 51.6 Å². The molecule has 1 aliphatic heterocycles. The van der Waals surface area contributed by atoms with Crippen molar-refractivity contribution in [1.82, 2.24) is 14.9 Å². The van der Waals surface area contributed by atoms with E-state index in [2.05, 4.69) is 21.8 Å². The molecule has 0 saturated heterocycles. The van der Waals surface area contributed by atoms with Crippen molar-refractivity contribution in [3.8, 4) is 0 Å². The number of hydrogen-bond acceptors (Lipinski definition) is 3. The number of carbonyl (C=O) groups is 2. The summed E-state index contributed by atoms with van der Waals surface area (Å²) in [5.74, 6) is 0.320. The summed E-state index contributed by atoms with van der Waals surface area (Å²) < 4.78 is 2.06. The SMILES string of the molecule is CC1CCn2cc(C(=O)N[C@@H]3CC[C@H](C(=O)O)C3)nc2C1. The molecule has 2 aliphatic rings. The number of amides is 1. The Morgan fingerprint density at radius 1 is 1.38 bits per heavy atom. The lowest BCUT2D eigenvalue weighted by atomic mass is 10.0. The number of nitrogens with one attached hydrogen (secondary N) is 1. The number of nitrogens with zero attached hydrogens (tertiary/aromatic N) is 2. The average Bonchev–Trinajstić information content (AvgIpc) is 3.04. The number of imidazole rings is 1. The van der Waals surface area contributed by atoms with Crippen molar-refractivity contribution in [3.05, 3.63) is 17.7 Å². The van der Waals surface area contributed by atoms with Crippen molar-refractivity contribution in [2.24, 2.45) is 11.8 Å². The number of aryl methyl sites for hydroxylation is 1. The normalized spacial score (nSPS) is 28.1. The maximum Gasteiger partial charge on any atom is 0.306 e. The Morgan fingerprint density at radius 2 is 2.19 bits per heavy atom. The quantitative estimate of drug-likeness (QED) is 0.882. The third-order valence-corrected chi connectivity index (χ3v) is 4.60. The molecular formula is C15H21N3O3. The minimum atomic E-state index is -0.766. The fourth-order valence-electron chi connectivity index (χ4n) is 3.29. The van der Waals surface area contributed by atoms with Gasteiger partial charge >= 0.3 is 5.97 Å². The lowest BCUT2D eigenvalue weighted by Gasteiger charge is -2.18. The molecule has 2 N–H and O–H groups in total. The molecule has 2 heterocycles. The van der Waals surface area contributed by atoms with E-state index in [0.717, 1.165) is 31.6 Å². The van der Waals surface area contributed by atoms with E-state index in [9.17, 15) is 9.59 Å². The first kappa shape index (κ1) is 14.1. The molecule has 3 atom stereocenters. The maximum atomic E-state index is 12.2. The maximum absolute atomic E-state index is 12.2. The summed E-state index contributed by atoms with van der Waals surface area (Å²) in [4.78, 5) is 27.6. The van der Waals surface area contributed by atoms with Crippen molar-refractivity contribution in [2.75, 3.05) is 0 Å². The standard InChI is InChI=1S/C15H21N3O3/c1-9-4-5-18-8-12(17-13(18)6-9)14(19)16-11-3-2-10(7-11)15(20)21/h8-11H,2-7H2,1H3,(H,16,19)(H,20,21)/t9?,10-,11+/m0/s1. The van der Waals surface area contributed by atoms with Gasteiger partial charge in [-0.1, -0.05) is 6.92 Å². The van der Waals surface area contributed by atoms with Gasteiger partial charge in [0.25, 0.3) is 5.91 Å². The van der Waals surface area contributed by atoms with Gasteiger partial charge in [-0.15, -0.1) is 0 Å². The largest absolute Gasteiger partial charge is 0.481 e. The van der Waals surface area contributed by atoms with Gasteiger partial charge in [-0.25, -0.2) is 4.98 Å². The molecule has 0 spiro atoms. The molecule has 1 fully saturated rings. The van der Waals surface area contributed by atoms with Crippen LogP contribution in [0.1, 0.15) is 48.9 Å². The van der Waals surface area contributed by atoms with E-state index in [1.807, 2.05) is 6.20 Å². The van der Waals surface area contributed by atoms with Crippen LogP contribution in [0.25, 0.3) is 0 Å². The first-order valence-electron chi connectivity index (χ1n) is 7.62. The molecule has 0 bridgehead atoms. The molecule has 6 nitrogen and oxygen atoms in total. The van der Waals surface area contributed by atoms with Crippen LogP contribution in [0.5, 0.6) is 0 Å². The number of fused-ring (bicyclic) bond motifs is 1. The number of carboxylic acids is 1. The summed E-state index contributed by atoms with van der Waals surface area (Å²) in [6, 6.07) is -0.0451. The molecule has 1 amide bonds. The summed E-state index contributed by atoms with van der Waals surface area (Å²) in [5, 5.41) is 11.9. The summed E-state index contributed by atoms with van der Waals surface area (Å²) in [7, 11) is 0. The second kappa shape index (κ2) is 5.50. The Labute approximate surface area is 123 Å². The van der Waals surface area contributed by atoms with Crippen LogP contribution in [0.15, 0.2) is 6.20 Å². The van der Waals surface area contributed by atoms with E-state index in [-0.39, 0.29) is 17.9 Å². The van der Waals surface area contributed by atoms with Crippen LogP contribution in [0.3, 0.4) is 0 Å². The summed E-state index contributed by atoms with van der Waals surface area (Å²) in [5.41, 5.74) is 0.456. The van der Waals surface area contributed by atoms with Crippen LogP contribution in [-0.4, -0.2) is 32.6 Å². The number of rotatable bonds is 3. The molecule has 21 heavy (non-hydrogen) atoms. The first-order chi connectivity index (χ1) is 10.0. The van der Waals surface area contributed by atoms with Crippen molar-refractivity contribution >= 4 is 11.9 Å². The molecule has 3 rings (SSSR count). The zero-order valence-electron chi connectivity index (χ0n) is 12.2. The minimum Gasteiger partial charge on any atom is -0.481 e. The third kappa shape index (κ3) is 2.94. The van der Waals surface area contributed by atoms with Gasteiger partial charge < -0.3 is 15.0 Å². The molecule has 114 valence electrons. The molecule has 1 aromatic heterocycles. The van der Waals surface area contributed by atoms with Crippen molar-refractivity contribution in [1.29, 1.82) is 0 Å². The number of carboxylic acid groups (broad SMARTS) is 1. The fourth-order valence-corrected chi connectivity index (χ4v) is 3.29. The Bertz CT molecular complexity index is 567. The summed E-state index contributed by atoms with van der Waals surface area (Å²) in [6.07, 6.45) is 5.74. The second-order valence-electron chi connectivity index (χ2n) is 6.35. The van der Waals surface area contributed by atoms with Crippen LogP contribution in [0.4, 0.5) is 0 Å². The van der Waals surface area contributed by atoms with Gasteiger partial charge in [0.05, 0.1) is 5.92 Å². The third-order valence-electron chi connectivity index (χ3n) is 4.60. The van der Waals surface area contributed by atoms with E-state index in [1.54, 1.807) is 0 Å². The van der Waals surface area contributed by atoms with E-state index in [1.165, 1.54) is 0 Å². The highest BCUT2D eigenvalue weighted by Crippen LogP contribution is 2.26. The lowest BCUT2D eigenvalue weighted by Crippen LogP contribution is -2.33. The Hall–Kier alpha value is -1.85. The molecule has 1 aromatic rings. The Balaban J connectivity index is 1.63. The highest BCUT2D eigenvalue weighted by molar-refractivity contribution is 5.92. The first-order valence-corrected chi connectivity index (χ1v) is 7.62. The summed E-state index contributed by atoms with van der Waals surface area (Å²) in [6.45, 7) is 3.11. The Morgan fingerprint density at radius 3 is 2.90 bits per heavy atom. The van der Waals surface area contributed by atoms with Crippen molar-refractivity contribution in [3.63, 3.8) is 0 Å². The monoisotopic (exact) mass is 291 g/mol. The molecule has 1 unspecified atom stereocenters. The average molecular weight is 291 g/mol. The van der Waals surface area contributed by atoms with Gasteiger partial charge in [0.15, 0.2) is 0 Å². The molecule has 1 saturated carbocycles. The van der Waals surface area contributed by atoms with Crippen LogP contribution in [0.2, 0.25) is 0 Å². The predicted octanol–water partition coefficient (Wildman–Crippen LogP) is 1.45. The predicted molar refractivity (Wildman–Crippen MR) is 75.9 cm³/mol. The Kier molecular flexibility index (Phi) is 3.69. The smallest absolute Gasteiger partial charge is 0.306 e. The van der Waals surface area contributed by atoms with Gasteiger partial charge in [-0.3, -0.25) is 9.59 Å². The van der Waals surface area contributed by atoms with Gasteiger partial charge in [0.2, 0.25) is 0 Å². The molecular weight excluding hydrogens is 270 g/mol. The van der Waals surface area contributed by atoms with Crippen LogP contribution < -0.4 is 5.32 Å². The zero-order chi connectivity index (χ0) is 15.0. The van der Waals surface area contributed by atoms with E-state index >= 15 is 0 Å². The van der Waals surface area contributed by atoms with Gasteiger partial charge in [-0.2, -0.15) is 0 Å². The highest BCUT2D eigenvalue weighted by atomic mass is 16.4. The number of aromatic nitrogens is 2. The van der Waals surface area contributed by atoms with Gasteiger partial charge in [0, 0.05) is 25.2 Å². The van der Waals surface area contributed by atoms with Crippen molar-refractivity contribution < 1.29 is 14.7 Å². The van der Waals surface area contributed by atoms with E-state index < -0.39 is 5.97 Å². The fraction of sp³-hybridized carbons (Fsp3) is 0.667. The highest BCUT2D eigenvalue weighted by Gasteiger charge is 2.31. The van der Waals surface area contributed by atoms with Gasteiger partial charge in [-0.05, 0) is 31.6 Å². The van der Waals surface area contributed by atoms with Crippen LogP contribution in [0, 0.1) is 11.8 Å². The molecule has 0 aromatic carbocycles. The molecule has 1 aliphatic carbocycles. The number of carbonyl (C=O) groups excluding carboxylic acids is 1. The minimum absolute atomic E-state index is 0.0451. The number of aliphatic carboxylic acids is 1. The topological polar surface area (TPSA) is 84.2 Å². The molecule has 0 radical (unpaired) electrons.